The van der Waals surface area contributed by atoms with E-state index in [4.69, 9.17) is 4.79 Å². The number of carbonyl (C=O) groups excluding carboxylic acids is 4. The van der Waals surface area contributed by atoms with Crippen molar-refractivity contribution in [2.24, 2.45) is 0 Å². The molecule has 0 bridgehead atoms. The van der Waals surface area contributed by atoms with Crippen LogP contribution in [0.5, 0.6) is 0 Å². The molecule has 63 heavy (non-hydrogen) atoms. The highest BCUT2D eigenvalue weighted by Crippen LogP contribution is 2.41. The molecule has 0 unspecified atom stereocenters. The first-order valence-electron chi connectivity index (χ1n) is 21.2. The Morgan fingerprint density at radius 3 is 1.97 bits per heavy atom. The molecule has 2 saturated heterocycles. The van der Waals surface area contributed by atoms with E-state index in [0.29, 0.717) is 6.47 Å². The molecule has 3 aromatic carbocycles. The number of thiophene rings is 2. The number of aromatic amines is 2. The highest BCUT2D eigenvalue weighted by Gasteiger charge is 2.26. The summed E-state index contributed by atoms with van der Waals surface area (Å²) in [6.45, 7) is 9.69. The van der Waals surface area contributed by atoms with Gasteiger partial charge in [-0.3, -0.25) is 19.2 Å². The lowest BCUT2D eigenvalue weighted by Gasteiger charge is -2.23. The van der Waals surface area contributed by atoms with Crippen LogP contribution in [0.4, 0.5) is 0 Å². The predicted octanol–water partition coefficient (Wildman–Crippen LogP) is 9.08. The van der Waals surface area contributed by atoms with E-state index in [9.17, 15) is 14.4 Å². The molecule has 2 fully saturated rings. The van der Waals surface area contributed by atoms with Crippen molar-refractivity contribution >= 4 is 67.3 Å². The van der Waals surface area contributed by atoms with Gasteiger partial charge in [-0.15, -0.1) is 22.7 Å². The minimum Gasteiger partial charge on any atom is -0.471 e. The monoisotopic (exact) mass is 890 g/mol. The summed E-state index contributed by atoms with van der Waals surface area (Å²) in [7, 11) is 3.15. The highest BCUT2D eigenvalue weighted by atomic mass is 32.1. The van der Waals surface area contributed by atoms with Gasteiger partial charge < -0.3 is 35.1 Å². The third-order valence-electron chi connectivity index (χ3n) is 10.0. The first kappa shape index (κ1) is 47.9. The van der Waals surface area contributed by atoms with Gasteiger partial charge in [-0.1, -0.05) is 80.9 Å². The van der Waals surface area contributed by atoms with Gasteiger partial charge in [0.05, 0.1) is 54.1 Å². The van der Waals surface area contributed by atoms with E-state index in [-0.39, 0.29) is 30.3 Å². The standard InChI is InChI=1S/C22H14N4S2.C13H18N2O.C8H14N2O2.C3H8.C2H4O2/c1-3-14(4-2-13(1)15-5-6-16-17(7-15)26-12-25-16)19-8-21-22(27-19)9-20(28-21)18-10-23-11-24-18;1-14-12(11-7-3-2-4-8-11)13(16)15-9-5-6-10-15;1-7(11)9-6-8(12)10-4-2-3-5-10;1-3-2;1-4-2-3/h1-12H,(H,23,24)(H,25,26);2-4,7-8,12,14H,5-6,9-10H2,1H3;2-6H2,1H3,(H,9,11);3H2,1-2H3;2H,1H3/t;12-;;;/m.1.../s1. The summed E-state index contributed by atoms with van der Waals surface area (Å²) in [6.07, 6.45) is 11.0. The summed E-state index contributed by atoms with van der Waals surface area (Å²) >= 11 is 3.64. The van der Waals surface area contributed by atoms with Gasteiger partial charge in [0.2, 0.25) is 17.7 Å². The number of fused-ring (bicyclic) bond motifs is 2. The van der Waals surface area contributed by atoms with E-state index < -0.39 is 0 Å². The molecule has 9 rings (SSSR count). The van der Waals surface area contributed by atoms with Gasteiger partial charge >= 0.3 is 0 Å². The van der Waals surface area contributed by atoms with Crippen molar-refractivity contribution in [3.63, 3.8) is 0 Å². The minimum absolute atomic E-state index is 0.0303. The SMILES string of the molecule is CC(=O)NCC(=O)N1CCCC1.CCC.CN[C@@H](C(=O)N1CCCC1)c1ccccc1.COC=O.c1ncc(-c2cc3sc(-c4ccc(-c5ccc6nc[nH]c6c5)cc4)cc3s2)[nH]1. The number of nitrogens with one attached hydrogen (secondary N) is 4. The Balaban J connectivity index is 0.000000181. The number of carbonyl (C=O) groups is 4. The zero-order valence-electron chi connectivity index (χ0n) is 36.7. The predicted molar refractivity (Wildman–Crippen MR) is 255 cm³/mol. The van der Waals surface area contributed by atoms with Crippen LogP contribution in [0, 0.1) is 0 Å². The fourth-order valence-corrected chi connectivity index (χ4v) is 9.29. The molecule has 0 radical (unpaired) electrons. The third kappa shape index (κ3) is 13.9. The molecule has 0 saturated carbocycles. The lowest BCUT2D eigenvalue weighted by Crippen LogP contribution is -2.38. The number of likely N-dealkylation sites (tertiary alicyclic amines) is 2. The van der Waals surface area contributed by atoms with Crippen molar-refractivity contribution in [3.8, 4) is 32.1 Å². The van der Waals surface area contributed by atoms with E-state index >= 15 is 0 Å². The zero-order chi connectivity index (χ0) is 45.0. The molecule has 0 spiro atoms. The quantitative estimate of drug-likeness (QED) is 0.104. The Labute approximate surface area is 377 Å². The van der Waals surface area contributed by atoms with E-state index in [2.05, 4.69) is 104 Å². The molecular weight excluding hydrogens is 833 g/mol. The van der Waals surface area contributed by atoms with E-state index in [1.165, 1.54) is 56.3 Å². The highest BCUT2D eigenvalue weighted by molar-refractivity contribution is 7.31. The topological polar surface area (TPSA) is 165 Å². The second kappa shape index (κ2) is 25.1. The third-order valence-corrected chi connectivity index (χ3v) is 12.4. The van der Waals surface area contributed by atoms with Crippen LogP contribution in [0.1, 0.15) is 64.5 Å². The largest absolute Gasteiger partial charge is 0.471 e. The van der Waals surface area contributed by atoms with Crippen molar-refractivity contribution in [1.82, 2.24) is 40.4 Å². The van der Waals surface area contributed by atoms with Crippen LogP contribution in [0.25, 0.3) is 52.6 Å². The Hall–Kier alpha value is -6.16. The number of aromatic nitrogens is 4. The molecular formula is C48H58N8O5S2. The number of likely N-dealkylation sites (N-methyl/N-ethyl adjacent to an activating group) is 1. The van der Waals surface area contributed by atoms with Crippen LogP contribution in [0.3, 0.4) is 0 Å². The number of imidazole rings is 2. The number of methoxy groups -OCH3 is 1. The zero-order valence-corrected chi connectivity index (χ0v) is 38.3. The average Bonchev–Trinajstić information content (AvgIpc) is 4.16. The van der Waals surface area contributed by atoms with Gasteiger partial charge in [0, 0.05) is 47.4 Å². The number of hydrogen-bond acceptors (Lipinski definition) is 10. The first-order chi connectivity index (χ1) is 30.7. The molecule has 7 aromatic rings. The van der Waals surface area contributed by atoms with E-state index in [1.54, 1.807) is 28.9 Å². The Bertz CT molecular complexity index is 2420. The second-order valence-corrected chi connectivity index (χ2v) is 17.0. The van der Waals surface area contributed by atoms with Gasteiger partial charge in [0.1, 0.15) is 6.04 Å². The van der Waals surface area contributed by atoms with Gasteiger partial charge in [-0.2, -0.15) is 0 Å². The lowest BCUT2D eigenvalue weighted by molar-refractivity contribution is -0.132. The van der Waals surface area contributed by atoms with Crippen molar-refractivity contribution in [2.45, 2.75) is 58.9 Å². The van der Waals surface area contributed by atoms with Crippen LogP contribution in [0.2, 0.25) is 0 Å². The van der Waals surface area contributed by atoms with E-state index in [0.717, 1.165) is 74.2 Å². The van der Waals surface area contributed by atoms with Gasteiger partial charge in [0.25, 0.3) is 6.47 Å². The maximum absolute atomic E-state index is 12.2. The van der Waals surface area contributed by atoms with Crippen LogP contribution >= 0.6 is 22.7 Å². The Kier molecular flexibility index (Phi) is 19.1. The maximum Gasteiger partial charge on any atom is 0.292 e. The number of H-pyrrole nitrogens is 2. The molecule has 4 aromatic heterocycles. The van der Waals surface area contributed by atoms with E-state index in [1.807, 2.05) is 59.8 Å². The molecule has 4 N–H and O–H groups in total. The smallest absolute Gasteiger partial charge is 0.292 e. The molecule has 332 valence electrons. The van der Waals surface area contributed by atoms with Crippen LogP contribution in [-0.4, -0.2) is 101 Å². The second-order valence-electron chi connectivity index (χ2n) is 14.8. The van der Waals surface area contributed by atoms with Crippen molar-refractivity contribution in [2.75, 3.05) is 46.9 Å². The van der Waals surface area contributed by atoms with Crippen molar-refractivity contribution in [1.29, 1.82) is 0 Å². The molecule has 13 nitrogen and oxygen atoms in total. The van der Waals surface area contributed by atoms with Gasteiger partial charge in [0.15, 0.2) is 0 Å². The van der Waals surface area contributed by atoms with Crippen molar-refractivity contribution in [3.05, 3.63) is 109 Å². The van der Waals surface area contributed by atoms with Crippen molar-refractivity contribution < 1.29 is 23.9 Å². The lowest BCUT2D eigenvalue weighted by atomic mass is 10.0. The number of hydrogen-bond donors (Lipinski definition) is 4. The molecule has 2 aliphatic heterocycles. The summed E-state index contributed by atoms with van der Waals surface area (Å²) in [5.74, 6) is 0.0800. The summed E-state index contributed by atoms with van der Waals surface area (Å²) in [5.41, 5.74) is 7.83. The molecule has 2 aliphatic rings. The minimum atomic E-state index is -0.195. The van der Waals surface area contributed by atoms with Gasteiger partial charge in [-0.25, -0.2) is 9.97 Å². The summed E-state index contributed by atoms with van der Waals surface area (Å²) in [4.78, 5) is 64.0. The molecule has 3 amide bonds. The first-order valence-corrected chi connectivity index (χ1v) is 22.9. The summed E-state index contributed by atoms with van der Waals surface area (Å²) < 4.78 is 6.50. The van der Waals surface area contributed by atoms with Crippen LogP contribution < -0.4 is 10.6 Å². The molecule has 6 heterocycles. The molecule has 1 atom stereocenters. The van der Waals surface area contributed by atoms with Crippen LogP contribution in [0.15, 0.2) is 104 Å². The van der Waals surface area contributed by atoms with Crippen LogP contribution in [-0.2, 0) is 23.9 Å². The fraction of sp³-hybridized carbons (Fsp3) is 0.333. The molecule has 0 aliphatic carbocycles. The Morgan fingerprint density at radius 1 is 0.794 bits per heavy atom. The number of rotatable bonds is 9. The number of nitrogens with zero attached hydrogens (tertiary/aromatic N) is 4. The average molecular weight is 891 g/mol. The number of benzene rings is 3. The normalized spacial score (nSPS) is 13.3. The maximum atomic E-state index is 12.2. The van der Waals surface area contributed by atoms with Gasteiger partial charge in [-0.05, 0) is 79.3 Å². The Morgan fingerprint density at radius 2 is 1.38 bits per heavy atom. The fourth-order valence-electron chi connectivity index (χ4n) is 6.92. The number of amides is 3. The molecule has 15 heteroatoms. The summed E-state index contributed by atoms with van der Waals surface area (Å²) in [6, 6.07) is 29.4. The summed E-state index contributed by atoms with van der Waals surface area (Å²) in [5, 5.41) is 5.60. The number of ether oxygens (including phenoxy) is 1.